The van der Waals surface area contributed by atoms with E-state index in [-0.39, 0.29) is 0 Å². The molecule has 1 unspecified atom stereocenters. The zero-order valence-electron chi connectivity index (χ0n) is 4.89. The number of nitrogens with one attached hydrogen (secondary N) is 1. The van der Waals surface area contributed by atoms with Crippen LogP contribution >= 0.6 is 27.9 Å². The van der Waals surface area contributed by atoms with Crippen LogP contribution in [0.5, 0.6) is 0 Å². The molecule has 8 heavy (non-hydrogen) atoms. The highest BCUT2D eigenvalue weighted by Gasteiger charge is 2.01. The molecule has 1 N–H and O–H groups in total. The van der Waals surface area contributed by atoms with Crippen LogP contribution in [-0.2, 0) is 0 Å². The normalized spacial score (nSPS) is 14.0. The van der Waals surface area contributed by atoms with Gasteiger partial charge in [0.15, 0.2) is 0 Å². The number of hydrogen-bond donors (Lipinski definition) is 1. The van der Waals surface area contributed by atoms with Gasteiger partial charge in [-0.15, -0.1) is 0 Å². The first-order valence-corrected chi connectivity index (χ1v) is 3.86. The Labute approximate surface area is 62.5 Å². The summed E-state index contributed by atoms with van der Waals surface area (Å²) in [7, 11) is 1.92. The predicted molar refractivity (Wildman–Crippen MR) is 42.5 cm³/mol. The first kappa shape index (κ1) is 8.46. The van der Waals surface area contributed by atoms with Gasteiger partial charge in [-0.3, -0.25) is 0 Å². The molecular weight excluding hydrogens is 188 g/mol. The summed E-state index contributed by atoms with van der Waals surface area (Å²) in [5, 5.41) is 7.06. The maximum absolute atomic E-state index is 6.72. The van der Waals surface area contributed by atoms with Gasteiger partial charge in [0.25, 0.3) is 0 Å². The van der Waals surface area contributed by atoms with Crippen molar-refractivity contribution in [3.8, 4) is 0 Å². The minimum absolute atomic E-state index is 0.340. The first-order valence-electron chi connectivity index (χ1n) is 2.21. The van der Waals surface area contributed by atoms with Gasteiger partial charge in [-0.05, 0) is 14.0 Å². The summed E-state index contributed by atoms with van der Waals surface area (Å²) in [5.74, 6) is 0. The van der Waals surface area contributed by atoms with Crippen molar-refractivity contribution in [2.24, 2.45) is 0 Å². The van der Waals surface area contributed by atoms with Gasteiger partial charge in [0.1, 0.15) is 0 Å². The fourth-order valence-electron chi connectivity index (χ4n) is 0.182. The molecule has 0 bridgehead atoms. The second kappa shape index (κ2) is 4.35. The van der Waals surface area contributed by atoms with E-state index in [0.717, 1.165) is 0 Å². The Morgan fingerprint density at radius 1 is 1.88 bits per heavy atom. The minimum Gasteiger partial charge on any atom is -0.302 e. The molecule has 0 aromatic heterocycles. The van der Waals surface area contributed by atoms with Gasteiger partial charge in [-0.2, -0.15) is 0 Å². The van der Waals surface area contributed by atoms with Gasteiger partial charge in [0.2, 0.25) is 0 Å². The van der Waals surface area contributed by atoms with Gasteiger partial charge < -0.3 is 5.41 Å². The Bertz CT molecular complexity index is 76.4. The monoisotopic (exact) mass is 196 g/mol. The zero-order chi connectivity index (χ0) is 6.57. The molecule has 0 aromatic rings. The Morgan fingerprint density at radius 2 is 2.38 bits per heavy atom. The van der Waals surface area contributed by atoms with Crippen molar-refractivity contribution in [2.75, 3.05) is 7.05 Å². The fourth-order valence-corrected chi connectivity index (χ4v) is 0.837. The maximum atomic E-state index is 6.72. The fraction of sp³-hybridized carbons (Fsp3) is 0.750. The summed E-state index contributed by atoms with van der Waals surface area (Å²) >= 11 is 4.71. The molecule has 0 radical (unpaired) electrons. The SMILES string of the molecule is CC(SC=N)N(C)Br. The average Bonchev–Trinajstić information content (AvgIpc) is 1.67. The van der Waals surface area contributed by atoms with Gasteiger partial charge >= 0.3 is 0 Å². The molecule has 0 amide bonds. The lowest BCUT2D eigenvalue weighted by Crippen LogP contribution is -2.14. The van der Waals surface area contributed by atoms with Crippen LogP contribution in [0.2, 0.25) is 0 Å². The second-order valence-electron chi connectivity index (χ2n) is 1.38. The number of hydrogen-bond acceptors (Lipinski definition) is 3. The number of thioether (sulfide) groups is 1. The highest BCUT2D eigenvalue weighted by atomic mass is 79.9. The third kappa shape index (κ3) is 3.46. The third-order valence-corrected chi connectivity index (χ3v) is 2.50. The van der Waals surface area contributed by atoms with Crippen molar-refractivity contribution < 1.29 is 0 Å². The van der Waals surface area contributed by atoms with Crippen LogP contribution in [0.15, 0.2) is 0 Å². The molecular formula is C4H9BrN2S. The highest BCUT2D eigenvalue weighted by Crippen LogP contribution is 2.12. The summed E-state index contributed by atoms with van der Waals surface area (Å²) in [6.07, 6.45) is 0. The molecule has 2 nitrogen and oxygen atoms in total. The molecule has 0 aliphatic rings. The molecule has 0 aliphatic heterocycles. The van der Waals surface area contributed by atoms with Gasteiger partial charge in [0.05, 0.1) is 10.9 Å². The second-order valence-corrected chi connectivity index (χ2v) is 3.69. The van der Waals surface area contributed by atoms with Crippen molar-refractivity contribution in [2.45, 2.75) is 12.3 Å². The molecule has 48 valence electrons. The van der Waals surface area contributed by atoms with E-state index < -0.39 is 0 Å². The van der Waals surface area contributed by atoms with Crippen LogP contribution in [0.3, 0.4) is 0 Å². The van der Waals surface area contributed by atoms with E-state index in [1.54, 1.807) is 0 Å². The standard InChI is InChI=1S/C4H9BrN2S/c1-4(7(2)5)8-3-6/h3-4,6H,1-2H3. The molecule has 1 atom stereocenters. The molecule has 0 aromatic carbocycles. The van der Waals surface area contributed by atoms with Gasteiger partial charge in [0, 0.05) is 16.1 Å². The topological polar surface area (TPSA) is 27.1 Å². The minimum atomic E-state index is 0.340. The maximum Gasteiger partial charge on any atom is 0.0683 e. The smallest absolute Gasteiger partial charge is 0.0683 e. The van der Waals surface area contributed by atoms with Crippen LogP contribution in [0.25, 0.3) is 0 Å². The van der Waals surface area contributed by atoms with E-state index in [2.05, 4.69) is 16.1 Å². The van der Waals surface area contributed by atoms with Crippen molar-refractivity contribution in [3.05, 3.63) is 0 Å². The van der Waals surface area contributed by atoms with Crippen molar-refractivity contribution in [1.29, 1.82) is 5.41 Å². The van der Waals surface area contributed by atoms with E-state index in [1.807, 2.05) is 17.9 Å². The molecule has 4 heteroatoms. The van der Waals surface area contributed by atoms with Crippen LogP contribution in [-0.4, -0.2) is 21.9 Å². The lowest BCUT2D eigenvalue weighted by Gasteiger charge is -2.12. The Kier molecular flexibility index (Phi) is 4.60. The zero-order valence-corrected chi connectivity index (χ0v) is 7.29. The number of nitrogens with zero attached hydrogens (tertiary/aromatic N) is 1. The summed E-state index contributed by atoms with van der Waals surface area (Å²) in [4.78, 5) is 0. The third-order valence-electron chi connectivity index (χ3n) is 0.766. The Balaban J connectivity index is 3.30. The molecule has 0 spiro atoms. The van der Waals surface area contributed by atoms with Crippen LogP contribution in [0.4, 0.5) is 0 Å². The number of rotatable bonds is 3. The van der Waals surface area contributed by atoms with E-state index in [9.17, 15) is 0 Å². The summed E-state index contributed by atoms with van der Waals surface area (Å²) in [6.45, 7) is 2.02. The molecule has 0 aliphatic carbocycles. The molecule has 0 fully saturated rings. The highest BCUT2D eigenvalue weighted by molar-refractivity contribution is 9.07. The molecule has 0 saturated carbocycles. The van der Waals surface area contributed by atoms with E-state index >= 15 is 0 Å². The largest absolute Gasteiger partial charge is 0.302 e. The van der Waals surface area contributed by atoms with Crippen molar-refractivity contribution in [1.82, 2.24) is 3.93 Å². The lowest BCUT2D eigenvalue weighted by atomic mass is 10.8. The Morgan fingerprint density at radius 3 is 2.50 bits per heavy atom. The Hall–Kier alpha value is 0.460. The van der Waals surface area contributed by atoms with Gasteiger partial charge in [-0.1, -0.05) is 11.8 Å². The molecule has 0 heterocycles. The molecule has 0 saturated heterocycles. The van der Waals surface area contributed by atoms with E-state index in [4.69, 9.17) is 5.41 Å². The predicted octanol–water partition coefficient (Wildman–Crippen LogP) is 1.91. The van der Waals surface area contributed by atoms with E-state index in [1.165, 1.54) is 17.3 Å². The van der Waals surface area contributed by atoms with Crippen LogP contribution < -0.4 is 0 Å². The first-order chi connectivity index (χ1) is 3.68. The van der Waals surface area contributed by atoms with Crippen molar-refractivity contribution in [3.63, 3.8) is 0 Å². The van der Waals surface area contributed by atoms with Crippen molar-refractivity contribution >= 4 is 33.5 Å². The molecule has 0 rings (SSSR count). The lowest BCUT2D eigenvalue weighted by molar-refractivity contribution is 0.583. The van der Waals surface area contributed by atoms with Crippen LogP contribution in [0.1, 0.15) is 6.92 Å². The number of halogens is 1. The average molecular weight is 197 g/mol. The summed E-state index contributed by atoms with van der Waals surface area (Å²) in [6, 6.07) is 0. The summed E-state index contributed by atoms with van der Waals surface area (Å²) < 4.78 is 1.88. The summed E-state index contributed by atoms with van der Waals surface area (Å²) in [5.41, 5.74) is 1.34. The van der Waals surface area contributed by atoms with Crippen LogP contribution in [0, 0.1) is 5.41 Å². The van der Waals surface area contributed by atoms with Gasteiger partial charge in [-0.25, -0.2) is 3.93 Å². The quantitative estimate of drug-likeness (QED) is 0.324. The van der Waals surface area contributed by atoms with E-state index in [0.29, 0.717) is 5.37 Å².